The molecule has 0 amide bonds. The molecule has 0 atom stereocenters. The largest absolute Gasteiger partial charge is 0.330 e. The standard InChI is InChI=1S/C14H9ClF2N2S/c1-7-4-13-11(6-9(7)16)18-14(20)19(13)12-3-2-8(15)5-10(12)17/h2-6H,1H3,(H,18,20). The molecule has 102 valence electrons. The summed E-state index contributed by atoms with van der Waals surface area (Å²) in [6.45, 7) is 1.65. The minimum Gasteiger partial charge on any atom is -0.330 e. The Balaban J connectivity index is 2.39. The van der Waals surface area contributed by atoms with Gasteiger partial charge in [-0.3, -0.25) is 4.57 Å². The lowest BCUT2D eigenvalue weighted by Crippen LogP contribution is -1.98. The van der Waals surface area contributed by atoms with Crippen LogP contribution in [0, 0.1) is 23.3 Å². The zero-order valence-corrected chi connectivity index (χ0v) is 11.9. The van der Waals surface area contributed by atoms with Crippen LogP contribution in [-0.2, 0) is 0 Å². The van der Waals surface area contributed by atoms with Crippen molar-refractivity contribution in [3.8, 4) is 5.69 Å². The monoisotopic (exact) mass is 310 g/mol. The highest BCUT2D eigenvalue weighted by Crippen LogP contribution is 2.25. The van der Waals surface area contributed by atoms with Crippen LogP contribution in [0.3, 0.4) is 0 Å². The Kier molecular flexibility index (Phi) is 3.11. The van der Waals surface area contributed by atoms with Crippen LogP contribution < -0.4 is 0 Å². The number of fused-ring (bicyclic) bond motifs is 1. The summed E-state index contributed by atoms with van der Waals surface area (Å²) in [4.78, 5) is 2.87. The minimum absolute atomic E-state index is 0.275. The van der Waals surface area contributed by atoms with E-state index in [-0.39, 0.29) is 11.5 Å². The first kappa shape index (κ1) is 13.3. The van der Waals surface area contributed by atoms with Crippen molar-refractivity contribution in [2.45, 2.75) is 6.92 Å². The van der Waals surface area contributed by atoms with E-state index in [9.17, 15) is 8.78 Å². The van der Waals surface area contributed by atoms with Gasteiger partial charge in [-0.25, -0.2) is 8.78 Å². The molecule has 0 bridgehead atoms. The highest BCUT2D eigenvalue weighted by Gasteiger charge is 2.13. The van der Waals surface area contributed by atoms with Crippen molar-refractivity contribution < 1.29 is 8.78 Å². The molecule has 1 heterocycles. The van der Waals surface area contributed by atoms with Gasteiger partial charge in [0.1, 0.15) is 11.6 Å². The maximum atomic E-state index is 14.1. The van der Waals surface area contributed by atoms with Crippen LogP contribution in [0.25, 0.3) is 16.7 Å². The molecule has 0 spiro atoms. The highest BCUT2D eigenvalue weighted by molar-refractivity contribution is 7.71. The minimum atomic E-state index is -0.489. The summed E-state index contributed by atoms with van der Waals surface area (Å²) in [5.41, 5.74) is 1.88. The van der Waals surface area contributed by atoms with Crippen molar-refractivity contribution in [2.75, 3.05) is 0 Å². The third kappa shape index (κ3) is 2.03. The number of aromatic nitrogens is 2. The third-order valence-corrected chi connectivity index (χ3v) is 3.63. The van der Waals surface area contributed by atoms with Crippen molar-refractivity contribution in [3.63, 3.8) is 0 Å². The second-order valence-corrected chi connectivity index (χ2v) is 5.30. The summed E-state index contributed by atoms with van der Waals surface area (Å²) < 4.78 is 29.5. The van der Waals surface area contributed by atoms with E-state index in [0.717, 1.165) is 0 Å². The van der Waals surface area contributed by atoms with E-state index in [1.807, 2.05) is 0 Å². The Morgan fingerprint density at radius 3 is 2.60 bits per heavy atom. The number of aromatic amines is 1. The number of benzene rings is 2. The molecular formula is C14H9ClF2N2S. The summed E-state index contributed by atoms with van der Waals surface area (Å²) in [5, 5.41) is 0.305. The van der Waals surface area contributed by atoms with E-state index >= 15 is 0 Å². The molecule has 3 aromatic rings. The number of nitrogens with one attached hydrogen (secondary N) is 1. The summed E-state index contributed by atoms with van der Waals surface area (Å²) in [6.07, 6.45) is 0. The van der Waals surface area contributed by atoms with Gasteiger partial charge < -0.3 is 4.98 Å². The summed E-state index contributed by atoms with van der Waals surface area (Å²) in [5.74, 6) is -0.825. The van der Waals surface area contributed by atoms with E-state index in [2.05, 4.69) is 4.98 Å². The summed E-state index contributed by atoms with van der Waals surface area (Å²) >= 11 is 10.9. The number of nitrogens with zero attached hydrogens (tertiary/aromatic N) is 1. The number of hydrogen-bond acceptors (Lipinski definition) is 1. The second-order valence-electron chi connectivity index (χ2n) is 4.48. The topological polar surface area (TPSA) is 20.7 Å². The van der Waals surface area contributed by atoms with Crippen molar-refractivity contribution in [1.29, 1.82) is 0 Å². The average molecular weight is 311 g/mol. The van der Waals surface area contributed by atoms with Crippen LogP contribution in [0.15, 0.2) is 30.3 Å². The fraction of sp³-hybridized carbons (Fsp3) is 0.0714. The van der Waals surface area contributed by atoms with E-state index in [4.69, 9.17) is 23.8 Å². The maximum Gasteiger partial charge on any atom is 0.182 e. The lowest BCUT2D eigenvalue weighted by atomic mass is 10.2. The van der Waals surface area contributed by atoms with Gasteiger partial charge in [-0.2, -0.15) is 0 Å². The first-order valence-electron chi connectivity index (χ1n) is 5.83. The zero-order valence-electron chi connectivity index (χ0n) is 10.4. The molecule has 0 aliphatic carbocycles. The van der Waals surface area contributed by atoms with Crippen LogP contribution in [0.5, 0.6) is 0 Å². The summed E-state index contributed by atoms with van der Waals surface area (Å²) in [6, 6.07) is 7.32. The fourth-order valence-corrected chi connectivity index (χ4v) is 2.60. The molecule has 1 N–H and O–H groups in total. The number of rotatable bonds is 1. The number of H-pyrrole nitrogens is 1. The third-order valence-electron chi connectivity index (χ3n) is 3.11. The van der Waals surface area contributed by atoms with E-state index in [1.165, 1.54) is 16.7 Å². The Hall–Kier alpha value is -1.72. The Morgan fingerprint density at radius 1 is 1.15 bits per heavy atom. The SMILES string of the molecule is Cc1cc2c(cc1F)[nH]c(=S)n2-c1ccc(Cl)cc1F. The van der Waals surface area contributed by atoms with E-state index < -0.39 is 5.82 Å². The Bertz CT molecular complexity index is 883. The Labute approximate surface area is 123 Å². The number of aryl methyl sites for hydroxylation is 1. The van der Waals surface area contributed by atoms with Crippen molar-refractivity contribution >= 4 is 34.9 Å². The van der Waals surface area contributed by atoms with Gasteiger partial charge in [0.2, 0.25) is 0 Å². The normalized spacial score (nSPS) is 11.2. The first-order valence-corrected chi connectivity index (χ1v) is 6.62. The molecule has 0 unspecified atom stereocenters. The smallest absolute Gasteiger partial charge is 0.182 e. The molecule has 0 saturated heterocycles. The molecule has 2 nitrogen and oxygen atoms in total. The molecule has 1 aromatic heterocycles. The van der Waals surface area contributed by atoms with Crippen LogP contribution in [0.1, 0.15) is 5.56 Å². The van der Waals surface area contributed by atoms with Gasteiger partial charge in [-0.15, -0.1) is 0 Å². The lowest BCUT2D eigenvalue weighted by molar-refractivity contribution is 0.618. The molecule has 0 radical (unpaired) electrons. The van der Waals surface area contributed by atoms with Crippen molar-refractivity contribution in [2.24, 2.45) is 0 Å². The maximum absolute atomic E-state index is 14.1. The van der Waals surface area contributed by atoms with Crippen LogP contribution in [0.4, 0.5) is 8.78 Å². The number of halogens is 3. The van der Waals surface area contributed by atoms with Crippen LogP contribution in [0.2, 0.25) is 5.02 Å². The molecule has 3 rings (SSSR count). The van der Waals surface area contributed by atoms with Gasteiger partial charge in [0.05, 0.1) is 16.7 Å². The van der Waals surface area contributed by atoms with Crippen LogP contribution in [-0.4, -0.2) is 9.55 Å². The molecule has 0 fully saturated rings. The van der Waals surface area contributed by atoms with Crippen molar-refractivity contribution in [1.82, 2.24) is 9.55 Å². The molecule has 6 heteroatoms. The van der Waals surface area contributed by atoms with Gasteiger partial charge in [0.15, 0.2) is 4.77 Å². The van der Waals surface area contributed by atoms with E-state index in [1.54, 1.807) is 25.1 Å². The van der Waals surface area contributed by atoms with E-state index in [0.29, 0.717) is 26.4 Å². The number of imidazole rings is 1. The Morgan fingerprint density at radius 2 is 1.90 bits per heavy atom. The molecule has 0 aliphatic rings. The molecule has 0 saturated carbocycles. The molecule has 20 heavy (non-hydrogen) atoms. The lowest BCUT2D eigenvalue weighted by Gasteiger charge is -2.07. The van der Waals surface area contributed by atoms with Crippen molar-refractivity contribution in [3.05, 3.63) is 57.3 Å². The number of hydrogen-bond donors (Lipinski definition) is 1. The van der Waals surface area contributed by atoms with Gasteiger partial charge in [0, 0.05) is 5.02 Å². The zero-order chi connectivity index (χ0) is 14.4. The quantitative estimate of drug-likeness (QED) is 0.632. The molecular weight excluding hydrogens is 302 g/mol. The molecule has 0 aliphatic heterocycles. The van der Waals surface area contributed by atoms with Crippen LogP contribution >= 0.6 is 23.8 Å². The molecule has 2 aromatic carbocycles. The average Bonchev–Trinajstić information content (AvgIpc) is 2.66. The van der Waals surface area contributed by atoms with Gasteiger partial charge in [-0.1, -0.05) is 11.6 Å². The fourth-order valence-electron chi connectivity index (χ4n) is 2.13. The highest BCUT2D eigenvalue weighted by atomic mass is 35.5. The predicted molar refractivity (Wildman–Crippen MR) is 78.1 cm³/mol. The van der Waals surface area contributed by atoms with Gasteiger partial charge in [0.25, 0.3) is 0 Å². The predicted octanol–water partition coefficient (Wildman–Crippen LogP) is 4.93. The summed E-state index contributed by atoms with van der Waals surface area (Å²) in [7, 11) is 0. The van der Waals surface area contributed by atoms with Gasteiger partial charge >= 0.3 is 0 Å². The second kappa shape index (κ2) is 4.68. The van der Waals surface area contributed by atoms with Gasteiger partial charge in [-0.05, 0) is 55.0 Å². The first-order chi connectivity index (χ1) is 9.47.